The molecule has 1 aromatic carbocycles. The van der Waals surface area contributed by atoms with E-state index in [1.54, 1.807) is 12.1 Å². The van der Waals surface area contributed by atoms with Gasteiger partial charge in [-0.15, -0.1) is 0 Å². The van der Waals surface area contributed by atoms with Crippen molar-refractivity contribution in [3.63, 3.8) is 0 Å². The molecular formula is C16H23ClN2O3. The minimum atomic E-state index is -0.230. The largest absolute Gasteiger partial charge is 0.495 e. The highest BCUT2D eigenvalue weighted by Gasteiger charge is 2.17. The van der Waals surface area contributed by atoms with E-state index in [0.717, 1.165) is 12.8 Å². The lowest BCUT2D eigenvalue weighted by molar-refractivity contribution is 0.247. The number of hydrogen-bond acceptors (Lipinski definition) is 3. The number of amides is 2. The quantitative estimate of drug-likeness (QED) is 0.815. The van der Waals surface area contributed by atoms with Crippen molar-refractivity contribution < 1.29 is 14.3 Å². The lowest BCUT2D eigenvalue weighted by atomic mass is 10.1. The van der Waals surface area contributed by atoms with Crippen LogP contribution < -0.4 is 20.1 Å². The minimum absolute atomic E-state index is 0.230. The van der Waals surface area contributed by atoms with E-state index in [1.807, 2.05) is 0 Å². The second-order valence-corrected chi connectivity index (χ2v) is 5.88. The van der Waals surface area contributed by atoms with Gasteiger partial charge in [-0.05, 0) is 18.9 Å². The van der Waals surface area contributed by atoms with Crippen LogP contribution in [0.1, 0.15) is 38.5 Å². The lowest BCUT2D eigenvalue weighted by Gasteiger charge is -2.18. The lowest BCUT2D eigenvalue weighted by Crippen LogP contribution is -2.37. The zero-order valence-electron chi connectivity index (χ0n) is 13.1. The fraction of sp³-hybridized carbons (Fsp3) is 0.562. The number of urea groups is 1. The summed E-state index contributed by atoms with van der Waals surface area (Å²) in [7, 11) is 3.07. The third-order valence-electron chi connectivity index (χ3n) is 3.91. The van der Waals surface area contributed by atoms with E-state index in [0.29, 0.717) is 22.2 Å². The first-order valence-electron chi connectivity index (χ1n) is 7.63. The molecule has 1 fully saturated rings. The van der Waals surface area contributed by atoms with Crippen LogP contribution in [-0.4, -0.2) is 26.3 Å². The maximum atomic E-state index is 12.2. The van der Waals surface area contributed by atoms with Gasteiger partial charge in [0.25, 0.3) is 0 Å². The first-order valence-corrected chi connectivity index (χ1v) is 8.01. The van der Waals surface area contributed by atoms with Crippen LogP contribution in [0.4, 0.5) is 10.5 Å². The van der Waals surface area contributed by atoms with Crippen LogP contribution in [0, 0.1) is 0 Å². The van der Waals surface area contributed by atoms with E-state index in [4.69, 9.17) is 21.1 Å². The Morgan fingerprint density at radius 1 is 1.09 bits per heavy atom. The molecule has 1 aliphatic rings. The van der Waals surface area contributed by atoms with Gasteiger partial charge in [0.15, 0.2) is 0 Å². The van der Waals surface area contributed by atoms with Crippen LogP contribution in [0.15, 0.2) is 12.1 Å². The molecule has 122 valence electrons. The van der Waals surface area contributed by atoms with Gasteiger partial charge >= 0.3 is 6.03 Å². The Morgan fingerprint density at radius 3 is 2.32 bits per heavy atom. The van der Waals surface area contributed by atoms with Gasteiger partial charge in [-0.25, -0.2) is 4.79 Å². The third-order valence-corrected chi connectivity index (χ3v) is 4.21. The average molecular weight is 327 g/mol. The fourth-order valence-electron chi connectivity index (χ4n) is 2.73. The molecule has 0 atom stereocenters. The highest BCUT2D eigenvalue weighted by atomic mass is 35.5. The van der Waals surface area contributed by atoms with Crippen molar-refractivity contribution in [2.75, 3.05) is 19.5 Å². The molecule has 2 rings (SSSR count). The summed E-state index contributed by atoms with van der Waals surface area (Å²) >= 11 is 6.10. The summed E-state index contributed by atoms with van der Waals surface area (Å²) in [6.45, 7) is 0. The molecule has 6 heteroatoms. The van der Waals surface area contributed by atoms with Crippen LogP contribution in [-0.2, 0) is 0 Å². The molecule has 0 unspecified atom stereocenters. The van der Waals surface area contributed by atoms with Crippen molar-refractivity contribution in [1.29, 1.82) is 0 Å². The summed E-state index contributed by atoms with van der Waals surface area (Å²) in [5.74, 6) is 1.02. The minimum Gasteiger partial charge on any atom is -0.495 e. The van der Waals surface area contributed by atoms with E-state index in [-0.39, 0.29) is 12.1 Å². The van der Waals surface area contributed by atoms with Crippen LogP contribution >= 0.6 is 11.6 Å². The summed E-state index contributed by atoms with van der Waals surface area (Å²) in [6.07, 6.45) is 6.91. The summed E-state index contributed by atoms with van der Waals surface area (Å²) < 4.78 is 10.4. The molecule has 0 bridgehead atoms. The Morgan fingerprint density at radius 2 is 1.73 bits per heavy atom. The average Bonchev–Trinajstić information content (AvgIpc) is 2.76. The van der Waals surface area contributed by atoms with Gasteiger partial charge in [0.2, 0.25) is 0 Å². The second kappa shape index (κ2) is 8.13. The van der Waals surface area contributed by atoms with E-state index < -0.39 is 0 Å². The van der Waals surface area contributed by atoms with Crippen molar-refractivity contribution in [2.24, 2.45) is 0 Å². The van der Waals surface area contributed by atoms with Crippen LogP contribution in [0.25, 0.3) is 0 Å². The van der Waals surface area contributed by atoms with Crippen molar-refractivity contribution in [2.45, 2.75) is 44.6 Å². The Hall–Kier alpha value is -1.62. The third kappa shape index (κ3) is 4.44. The number of carbonyl (C=O) groups excluding carboxylic acids is 1. The molecule has 0 radical (unpaired) electrons. The molecule has 0 aliphatic heterocycles. The molecule has 1 aromatic rings. The van der Waals surface area contributed by atoms with Crippen molar-refractivity contribution >= 4 is 23.3 Å². The maximum Gasteiger partial charge on any atom is 0.319 e. The van der Waals surface area contributed by atoms with Gasteiger partial charge in [0.05, 0.1) is 24.9 Å². The van der Waals surface area contributed by atoms with Crippen LogP contribution in [0.5, 0.6) is 11.5 Å². The highest BCUT2D eigenvalue weighted by molar-refractivity contribution is 6.32. The molecule has 2 N–H and O–H groups in total. The smallest absolute Gasteiger partial charge is 0.319 e. The van der Waals surface area contributed by atoms with Crippen molar-refractivity contribution in [3.05, 3.63) is 17.2 Å². The molecule has 1 saturated carbocycles. The summed E-state index contributed by atoms with van der Waals surface area (Å²) in [6, 6.07) is 3.30. The van der Waals surface area contributed by atoms with Gasteiger partial charge in [-0.1, -0.05) is 37.3 Å². The molecule has 0 saturated heterocycles. The van der Waals surface area contributed by atoms with Gasteiger partial charge in [0, 0.05) is 12.1 Å². The summed E-state index contributed by atoms with van der Waals surface area (Å²) in [5.41, 5.74) is 0.527. The predicted molar refractivity (Wildman–Crippen MR) is 88.2 cm³/mol. The highest BCUT2D eigenvalue weighted by Crippen LogP contribution is 2.35. The topological polar surface area (TPSA) is 59.6 Å². The van der Waals surface area contributed by atoms with E-state index in [2.05, 4.69) is 10.6 Å². The summed E-state index contributed by atoms with van der Waals surface area (Å²) in [4.78, 5) is 12.2. The Kier molecular flexibility index (Phi) is 6.19. The molecular weight excluding hydrogens is 304 g/mol. The molecule has 1 aliphatic carbocycles. The van der Waals surface area contributed by atoms with Crippen LogP contribution in [0.3, 0.4) is 0 Å². The van der Waals surface area contributed by atoms with Gasteiger partial charge in [-0.2, -0.15) is 0 Å². The number of benzene rings is 1. The maximum absolute atomic E-state index is 12.2. The zero-order chi connectivity index (χ0) is 15.9. The summed E-state index contributed by atoms with van der Waals surface area (Å²) in [5, 5.41) is 6.26. The number of ether oxygens (including phenoxy) is 2. The molecule has 5 nitrogen and oxygen atoms in total. The van der Waals surface area contributed by atoms with E-state index in [1.165, 1.54) is 39.9 Å². The van der Waals surface area contributed by atoms with Gasteiger partial charge in [-0.3, -0.25) is 0 Å². The second-order valence-electron chi connectivity index (χ2n) is 5.47. The van der Waals surface area contributed by atoms with Gasteiger partial charge < -0.3 is 20.1 Å². The number of anilines is 1. The number of rotatable bonds is 4. The van der Waals surface area contributed by atoms with E-state index >= 15 is 0 Å². The first kappa shape index (κ1) is 16.7. The molecule has 0 heterocycles. The number of methoxy groups -OCH3 is 2. The normalized spacial score (nSPS) is 15.8. The Balaban J connectivity index is 2.02. The Bertz CT molecular complexity index is 514. The van der Waals surface area contributed by atoms with Crippen molar-refractivity contribution in [1.82, 2.24) is 5.32 Å². The van der Waals surface area contributed by atoms with Crippen molar-refractivity contribution in [3.8, 4) is 11.5 Å². The van der Waals surface area contributed by atoms with Gasteiger partial charge in [0.1, 0.15) is 11.5 Å². The molecule has 0 aromatic heterocycles. The fourth-order valence-corrected chi connectivity index (χ4v) is 2.97. The zero-order valence-corrected chi connectivity index (χ0v) is 13.8. The molecule has 2 amide bonds. The number of carbonyl (C=O) groups is 1. The van der Waals surface area contributed by atoms with E-state index in [9.17, 15) is 4.79 Å². The Labute approximate surface area is 136 Å². The molecule has 0 spiro atoms. The first-order chi connectivity index (χ1) is 10.6. The molecule has 22 heavy (non-hydrogen) atoms. The number of hydrogen-bond donors (Lipinski definition) is 2. The predicted octanol–water partition coefficient (Wildman–Crippen LogP) is 4.20. The standard InChI is InChI=1S/C16H23ClN2O3/c1-21-14-10-15(22-2)13(9-12(14)17)19-16(20)18-11-7-5-3-4-6-8-11/h9-11H,3-8H2,1-2H3,(H2,18,19,20). The number of nitrogens with one attached hydrogen (secondary N) is 2. The number of halogens is 1. The van der Waals surface area contributed by atoms with Crippen LogP contribution in [0.2, 0.25) is 5.02 Å². The SMILES string of the molecule is COc1cc(OC)c(NC(=O)NC2CCCCCC2)cc1Cl. The monoisotopic (exact) mass is 326 g/mol.